The molecule has 1 aromatic heterocycles. The van der Waals surface area contributed by atoms with Crippen molar-refractivity contribution in [2.75, 3.05) is 0 Å². The smallest absolute Gasteiger partial charge is 0.291 e. The van der Waals surface area contributed by atoms with Crippen molar-refractivity contribution in [3.05, 3.63) is 17.5 Å². The fraction of sp³-hybridized carbons (Fsp3) is 0.545. The van der Waals surface area contributed by atoms with Gasteiger partial charge in [-0.05, 0) is 19.8 Å². The number of amides is 1. The molecular formula is C11H15N3O2. The number of aromatic nitrogens is 1. The molecule has 1 N–H and O–H groups in total. The highest BCUT2D eigenvalue weighted by atomic mass is 16.5. The standard InChI is InChI=1S/C11H15N3O2/c1-4-11(5-2,7-12)13-10(15)9-6-8(3)14-16-9/h6H,4-5H2,1-3H3,(H,13,15). The van der Waals surface area contributed by atoms with Crippen LogP contribution in [-0.4, -0.2) is 16.6 Å². The third-order valence-electron chi connectivity index (χ3n) is 2.63. The fourth-order valence-electron chi connectivity index (χ4n) is 1.36. The number of nitrogens with one attached hydrogen (secondary N) is 1. The predicted octanol–water partition coefficient (Wildman–Crippen LogP) is 1.80. The highest BCUT2D eigenvalue weighted by Gasteiger charge is 2.29. The highest BCUT2D eigenvalue weighted by molar-refractivity contribution is 5.92. The Morgan fingerprint density at radius 2 is 2.25 bits per heavy atom. The van der Waals surface area contributed by atoms with E-state index in [0.717, 1.165) is 0 Å². The minimum atomic E-state index is -0.822. The van der Waals surface area contributed by atoms with Gasteiger partial charge in [-0.1, -0.05) is 19.0 Å². The lowest BCUT2D eigenvalue weighted by molar-refractivity contribution is 0.0877. The Kier molecular flexibility index (Phi) is 3.67. The molecule has 0 radical (unpaired) electrons. The number of carbonyl (C=O) groups is 1. The lowest BCUT2D eigenvalue weighted by Crippen LogP contribution is -2.46. The fourth-order valence-corrected chi connectivity index (χ4v) is 1.36. The summed E-state index contributed by atoms with van der Waals surface area (Å²) in [5.41, 5.74) is -0.182. The van der Waals surface area contributed by atoms with Gasteiger partial charge in [0.15, 0.2) is 0 Å². The summed E-state index contributed by atoms with van der Waals surface area (Å²) in [4.78, 5) is 11.8. The Morgan fingerprint density at radius 1 is 1.62 bits per heavy atom. The van der Waals surface area contributed by atoms with Crippen LogP contribution in [0.3, 0.4) is 0 Å². The van der Waals surface area contributed by atoms with Gasteiger partial charge in [0, 0.05) is 6.07 Å². The molecule has 0 aromatic carbocycles. The maximum Gasteiger partial charge on any atom is 0.291 e. The summed E-state index contributed by atoms with van der Waals surface area (Å²) < 4.78 is 4.83. The van der Waals surface area contributed by atoms with E-state index in [1.165, 1.54) is 0 Å². The van der Waals surface area contributed by atoms with Crippen LogP contribution in [0.25, 0.3) is 0 Å². The first kappa shape index (κ1) is 12.2. The molecule has 1 amide bonds. The van der Waals surface area contributed by atoms with Crippen molar-refractivity contribution >= 4 is 5.91 Å². The zero-order valence-electron chi connectivity index (χ0n) is 9.70. The molecule has 1 heterocycles. The van der Waals surface area contributed by atoms with Gasteiger partial charge in [0.05, 0.1) is 11.8 Å². The summed E-state index contributed by atoms with van der Waals surface area (Å²) in [5, 5.41) is 15.4. The van der Waals surface area contributed by atoms with E-state index < -0.39 is 11.4 Å². The normalized spacial score (nSPS) is 10.9. The molecule has 5 heteroatoms. The van der Waals surface area contributed by atoms with E-state index in [1.54, 1.807) is 13.0 Å². The van der Waals surface area contributed by atoms with Crippen LogP contribution in [0.1, 0.15) is 42.9 Å². The lowest BCUT2D eigenvalue weighted by Gasteiger charge is -2.23. The molecule has 1 rings (SSSR count). The second-order valence-corrected chi connectivity index (χ2v) is 3.69. The van der Waals surface area contributed by atoms with Crippen molar-refractivity contribution in [1.29, 1.82) is 5.26 Å². The van der Waals surface area contributed by atoms with Gasteiger partial charge < -0.3 is 9.84 Å². The maximum atomic E-state index is 11.8. The Labute approximate surface area is 94.4 Å². The second kappa shape index (κ2) is 4.79. The molecule has 0 aliphatic rings. The van der Waals surface area contributed by atoms with Gasteiger partial charge >= 0.3 is 0 Å². The minimum Gasteiger partial charge on any atom is -0.351 e. The Balaban J connectivity index is 2.81. The molecule has 0 bridgehead atoms. The first-order chi connectivity index (χ1) is 7.56. The van der Waals surface area contributed by atoms with Crippen molar-refractivity contribution in [1.82, 2.24) is 10.5 Å². The molecule has 0 unspecified atom stereocenters. The van der Waals surface area contributed by atoms with E-state index in [0.29, 0.717) is 18.5 Å². The van der Waals surface area contributed by atoms with E-state index in [2.05, 4.69) is 16.5 Å². The quantitative estimate of drug-likeness (QED) is 0.840. The van der Waals surface area contributed by atoms with E-state index in [-0.39, 0.29) is 5.76 Å². The Bertz CT molecular complexity index is 413. The molecule has 86 valence electrons. The molecule has 1 aromatic rings. The van der Waals surface area contributed by atoms with Gasteiger partial charge in [-0.25, -0.2) is 0 Å². The van der Waals surface area contributed by atoms with Crippen LogP contribution in [-0.2, 0) is 0 Å². The zero-order valence-corrected chi connectivity index (χ0v) is 9.70. The maximum absolute atomic E-state index is 11.8. The van der Waals surface area contributed by atoms with Crippen LogP contribution >= 0.6 is 0 Å². The first-order valence-corrected chi connectivity index (χ1v) is 5.24. The van der Waals surface area contributed by atoms with E-state index in [1.807, 2.05) is 13.8 Å². The molecule has 0 aliphatic heterocycles. The van der Waals surface area contributed by atoms with Crippen molar-refractivity contribution < 1.29 is 9.32 Å². The molecule has 5 nitrogen and oxygen atoms in total. The van der Waals surface area contributed by atoms with Gasteiger partial charge in [0.2, 0.25) is 5.76 Å². The van der Waals surface area contributed by atoms with Crippen LogP contribution in [0.15, 0.2) is 10.6 Å². The molecular weight excluding hydrogens is 206 g/mol. The number of carbonyl (C=O) groups excluding carboxylic acids is 1. The molecule has 0 saturated carbocycles. The van der Waals surface area contributed by atoms with E-state index >= 15 is 0 Å². The van der Waals surface area contributed by atoms with Crippen molar-refractivity contribution in [3.63, 3.8) is 0 Å². The van der Waals surface area contributed by atoms with Crippen LogP contribution in [0.4, 0.5) is 0 Å². The average Bonchev–Trinajstić information content (AvgIpc) is 2.73. The Morgan fingerprint density at radius 3 is 2.62 bits per heavy atom. The number of rotatable bonds is 4. The van der Waals surface area contributed by atoms with Crippen molar-refractivity contribution in [2.45, 2.75) is 39.2 Å². The minimum absolute atomic E-state index is 0.138. The third-order valence-corrected chi connectivity index (χ3v) is 2.63. The zero-order chi connectivity index (χ0) is 12.2. The molecule has 16 heavy (non-hydrogen) atoms. The van der Waals surface area contributed by atoms with Crippen LogP contribution in [0, 0.1) is 18.3 Å². The average molecular weight is 221 g/mol. The number of nitriles is 1. The van der Waals surface area contributed by atoms with Gasteiger partial charge in [-0.15, -0.1) is 0 Å². The summed E-state index contributed by atoms with van der Waals surface area (Å²) in [5.74, 6) is -0.259. The van der Waals surface area contributed by atoms with Gasteiger partial charge in [-0.3, -0.25) is 4.79 Å². The third kappa shape index (κ3) is 2.40. The van der Waals surface area contributed by atoms with E-state index in [4.69, 9.17) is 9.78 Å². The van der Waals surface area contributed by atoms with Crippen LogP contribution < -0.4 is 5.32 Å². The van der Waals surface area contributed by atoms with Crippen LogP contribution in [0.5, 0.6) is 0 Å². The van der Waals surface area contributed by atoms with Gasteiger partial charge in [0.25, 0.3) is 5.91 Å². The largest absolute Gasteiger partial charge is 0.351 e. The summed E-state index contributed by atoms with van der Waals surface area (Å²) in [6.07, 6.45) is 1.11. The highest BCUT2D eigenvalue weighted by Crippen LogP contribution is 2.15. The SMILES string of the molecule is CCC(C#N)(CC)NC(=O)c1cc(C)no1. The summed E-state index contributed by atoms with van der Waals surface area (Å²) in [7, 11) is 0. The van der Waals surface area contributed by atoms with Crippen LogP contribution in [0.2, 0.25) is 0 Å². The number of hydrogen-bond donors (Lipinski definition) is 1. The second-order valence-electron chi connectivity index (χ2n) is 3.69. The molecule has 0 atom stereocenters. The summed E-state index contributed by atoms with van der Waals surface area (Å²) in [6.45, 7) is 5.45. The summed E-state index contributed by atoms with van der Waals surface area (Å²) >= 11 is 0. The topological polar surface area (TPSA) is 78.9 Å². The molecule has 0 aliphatic carbocycles. The monoisotopic (exact) mass is 221 g/mol. The number of hydrogen-bond acceptors (Lipinski definition) is 4. The van der Waals surface area contributed by atoms with Gasteiger partial charge in [0.1, 0.15) is 5.54 Å². The molecule has 0 fully saturated rings. The molecule has 0 saturated heterocycles. The lowest BCUT2D eigenvalue weighted by atomic mass is 9.94. The van der Waals surface area contributed by atoms with Gasteiger partial charge in [-0.2, -0.15) is 5.26 Å². The predicted molar refractivity (Wildman–Crippen MR) is 57.6 cm³/mol. The Hall–Kier alpha value is -1.83. The number of nitrogens with zero attached hydrogens (tertiary/aromatic N) is 2. The van der Waals surface area contributed by atoms with E-state index in [9.17, 15) is 4.79 Å². The first-order valence-electron chi connectivity index (χ1n) is 5.24. The van der Waals surface area contributed by atoms with Crippen molar-refractivity contribution in [2.24, 2.45) is 0 Å². The van der Waals surface area contributed by atoms with Crippen molar-refractivity contribution in [3.8, 4) is 6.07 Å². The summed E-state index contributed by atoms with van der Waals surface area (Å²) in [6, 6.07) is 3.67. The molecule has 0 spiro atoms. The number of aryl methyl sites for hydroxylation is 1.